The monoisotopic (exact) mass is 512 g/mol. The number of rotatable bonds is 9. The zero-order valence-corrected chi connectivity index (χ0v) is 20.7. The van der Waals surface area contributed by atoms with E-state index in [0.717, 1.165) is 0 Å². The SMILES string of the molecule is CCCn1c(=O)c2[nH]c(-c3ccc(OCC(=O)Nc4ccc(F)cc4)cc3)c(Cl)c2n(CCC)c1=O. The number of hydrogen-bond donors (Lipinski definition) is 2. The molecule has 0 atom stereocenters. The second-order valence-electron chi connectivity index (χ2n) is 8.30. The highest BCUT2D eigenvalue weighted by molar-refractivity contribution is 6.38. The second kappa shape index (κ2) is 10.8. The summed E-state index contributed by atoms with van der Waals surface area (Å²) in [4.78, 5) is 41.2. The van der Waals surface area contributed by atoms with E-state index in [0.29, 0.717) is 59.2 Å². The van der Waals surface area contributed by atoms with E-state index in [1.807, 2.05) is 13.8 Å². The van der Waals surface area contributed by atoms with Gasteiger partial charge in [-0.1, -0.05) is 25.4 Å². The standard InChI is InChI=1S/C26H26ClFN4O4/c1-3-13-31-24-21(27)22(30-23(24)25(34)32(14-4-2)26(31)35)16-5-11-19(12-6-16)36-15-20(33)29-18-9-7-17(28)8-10-18/h5-12,30H,3-4,13-15H2,1-2H3,(H,29,33). The van der Waals surface area contributed by atoms with Crippen molar-refractivity contribution < 1.29 is 13.9 Å². The summed E-state index contributed by atoms with van der Waals surface area (Å²) < 4.78 is 21.3. The van der Waals surface area contributed by atoms with Crippen LogP contribution in [-0.2, 0) is 17.9 Å². The molecule has 36 heavy (non-hydrogen) atoms. The number of carbonyl (C=O) groups is 1. The van der Waals surface area contributed by atoms with E-state index < -0.39 is 5.56 Å². The molecule has 0 fully saturated rings. The summed E-state index contributed by atoms with van der Waals surface area (Å²) in [5.74, 6) is -0.324. The average molecular weight is 513 g/mol. The van der Waals surface area contributed by atoms with Gasteiger partial charge in [-0.2, -0.15) is 0 Å². The van der Waals surface area contributed by atoms with Crippen LogP contribution >= 0.6 is 11.6 Å². The number of aromatic nitrogens is 3. The molecule has 2 heterocycles. The summed E-state index contributed by atoms with van der Waals surface area (Å²) in [6.07, 6.45) is 1.36. The van der Waals surface area contributed by atoms with E-state index in [4.69, 9.17) is 16.3 Å². The van der Waals surface area contributed by atoms with Crippen LogP contribution in [0.15, 0.2) is 58.1 Å². The van der Waals surface area contributed by atoms with E-state index in [-0.39, 0.29) is 29.5 Å². The number of amides is 1. The zero-order valence-electron chi connectivity index (χ0n) is 19.9. The number of aromatic amines is 1. The number of anilines is 1. The molecule has 188 valence electrons. The number of nitrogens with one attached hydrogen (secondary N) is 2. The fraction of sp³-hybridized carbons (Fsp3) is 0.269. The molecule has 0 saturated carbocycles. The topological polar surface area (TPSA) is 98.1 Å². The minimum absolute atomic E-state index is 0.232. The van der Waals surface area contributed by atoms with E-state index in [1.165, 1.54) is 28.8 Å². The normalized spacial score (nSPS) is 11.1. The van der Waals surface area contributed by atoms with Gasteiger partial charge in [-0.05, 0) is 66.9 Å². The van der Waals surface area contributed by atoms with Gasteiger partial charge >= 0.3 is 5.69 Å². The van der Waals surface area contributed by atoms with Crippen LogP contribution in [0.25, 0.3) is 22.3 Å². The van der Waals surface area contributed by atoms with Gasteiger partial charge < -0.3 is 15.0 Å². The van der Waals surface area contributed by atoms with Crippen LogP contribution in [0.1, 0.15) is 26.7 Å². The quantitative estimate of drug-likeness (QED) is 0.337. The Morgan fingerprint density at radius 3 is 2.28 bits per heavy atom. The second-order valence-corrected chi connectivity index (χ2v) is 8.67. The van der Waals surface area contributed by atoms with Crippen LogP contribution in [0, 0.1) is 5.82 Å². The molecule has 4 aromatic rings. The number of fused-ring (bicyclic) bond motifs is 1. The van der Waals surface area contributed by atoms with Crippen molar-refractivity contribution in [1.29, 1.82) is 0 Å². The number of ether oxygens (including phenoxy) is 1. The lowest BCUT2D eigenvalue weighted by molar-refractivity contribution is -0.118. The summed E-state index contributed by atoms with van der Waals surface area (Å²) >= 11 is 6.69. The maximum Gasteiger partial charge on any atom is 0.331 e. The Balaban J connectivity index is 1.57. The first-order chi connectivity index (χ1) is 17.3. The van der Waals surface area contributed by atoms with Gasteiger partial charge in [-0.25, -0.2) is 9.18 Å². The molecule has 2 aromatic carbocycles. The average Bonchev–Trinajstić information content (AvgIpc) is 3.22. The van der Waals surface area contributed by atoms with Gasteiger partial charge in [0, 0.05) is 18.8 Å². The van der Waals surface area contributed by atoms with Crippen molar-refractivity contribution >= 4 is 34.2 Å². The summed E-state index contributed by atoms with van der Waals surface area (Å²) in [7, 11) is 0. The highest BCUT2D eigenvalue weighted by Gasteiger charge is 2.21. The molecule has 2 N–H and O–H groups in total. The predicted molar refractivity (Wildman–Crippen MR) is 138 cm³/mol. The van der Waals surface area contributed by atoms with Crippen LogP contribution in [0.5, 0.6) is 5.75 Å². The molecule has 2 aromatic heterocycles. The van der Waals surface area contributed by atoms with Gasteiger partial charge in [0.1, 0.15) is 17.1 Å². The van der Waals surface area contributed by atoms with Crippen molar-refractivity contribution in [3.8, 4) is 17.0 Å². The van der Waals surface area contributed by atoms with Crippen molar-refractivity contribution in [3.63, 3.8) is 0 Å². The van der Waals surface area contributed by atoms with E-state index in [1.54, 1.807) is 28.8 Å². The van der Waals surface area contributed by atoms with Gasteiger partial charge in [-0.3, -0.25) is 18.7 Å². The first kappa shape index (κ1) is 25.2. The number of hydrogen-bond acceptors (Lipinski definition) is 4. The fourth-order valence-corrected chi connectivity index (χ4v) is 4.34. The Hall–Kier alpha value is -3.85. The molecule has 0 aliphatic carbocycles. The summed E-state index contributed by atoms with van der Waals surface area (Å²) in [5.41, 5.74) is 1.59. The minimum Gasteiger partial charge on any atom is -0.484 e. The van der Waals surface area contributed by atoms with Crippen LogP contribution < -0.4 is 21.3 Å². The number of halogens is 2. The van der Waals surface area contributed by atoms with Gasteiger partial charge in [0.05, 0.1) is 16.2 Å². The molecule has 1 amide bonds. The molecule has 0 unspecified atom stereocenters. The summed E-state index contributed by atoms with van der Waals surface area (Å²) in [6.45, 7) is 4.38. The highest BCUT2D eigenvalue weighted by atomic mass is 35.5. The van der Waals surface area contributed by atoms with Gasteiger partial charge in [0.15, 0.2) is 6.61 Å². The molecule has 8 nitrogen and oxygen atoms in total. The molecule has 10 heteroatoms. The van der Waals surface area contributed by atoms with Gasteiger partial charge in [-0.15, -0.1) is 0 Å². The third kappa shape index (κ3) is 5.06. The Morgan fingerprint density at radius 2 is 1.64 bits per heavy atom. The Kier molecular flexibility index (Phi) is 7.59. The number of benzene rings is 2. The Bertz CT molecular complexity index is 1500. The van der Waals surface area contributed by atoms with Crippen LogP contribution in [0.3, 0.4) is 0 Å². The van der Waals surface area contributed by atoms with Crippen molar-refractivity contribution in [1.82, 2.24) is 14.1 Å². The van der Waals surface area contributed by atoms with Gasteiger partial charge in [0.25, 0.3) is 11.5 Å². The molecule has 0 saturated heterocycles. The lowest BCUT2D eigenvalue weighted by Crippen LogP contribution is -2.40. The van der Waals surface area contributed by atoms with Crippen molar-refractivity contribution in [2.45, 2.75) is 39.8 Å². The zero-order chi connectivity index (χ0) is 25.8. The molecule has 4 rings (SSSR count). The number of aryl methyl sites for hydroxylation is 1. The van der Waals surface area contributed by atoms with E-state index in [2.05, 4.69) is 10.3 Å². The van der Waals surface area contributed by atoms with Crippen LogP contribution in [-0.4, -0.2) is 26.6 Å². The number of carbonyl (C=O) groups excluding carboxylic acids is 1. The molecule has 0 aliphatic heterocycles. The largest absolute Gasteiger partial charge is 0.484 e. The number of nitrogens with zero attached hydrogens (tertiary/aromatic N) is 2. The lowest BCUT2D eigenvalue weighted by Gasteiger charge is -2.11. The molecular weight excluding hydrogens is 487 g/mol. The van der Waals surface area contributed by atoms with Crippen molar-refractivity contribution in [3.05, 3.63) is 80.2 Å². The molecule has 0 spiro atoms. The van der Waals surface area contributed by atoms with Crippen molar-refractivity contribution in [2.24, 2.45) is 0 Å². The molecule has 0 aliphatic rings. The maximum absolute atomic E-state index is 13.0. The molecule has 0 bridgehead atoms. The number of H-pyrrole nitrogens is 1. The Labute approximate surface area is 211 Å². The van der Waals surface area contributed by atoms with Crippen LogP contribution in [0.2, 0.25) is 5.02 Å². The van der Waals surface area contributed by atoms with Crippen molar-refractivity contribution in [2.75, 3.05) is 11.9 Å². The lowest BCUT2D eigenvalue weighted by atomic mass is 10.1. The minimum atomic E-state index is -0.399. The highest BCUT2D eigenvalue weighted by Crippen LogP contribution is 2.33. The molecule has 0 radical (unpaired) electrons. The Morgan fingerprint density at radius 1 is 1.00 bits per heavy atom. The summed E-state index contributed by atoms with van der Waals surface area (Å²) in [5, 5.41) is 2.92. The van der Waals surface area contributed by atoms with Gasteiger partial charge in [0.2, 0.25) is 0 Å². The third-order valence-corrected chi connectivity index (χ3v) is 6.01. The third-order valence-electron chi connectivity index (χ3n) is 5.64. The first-order valence-corrected chi connectivity index (χ1v) is 12.0. The van der Waals surface area contributed by atoms with E-state index >= 15 is 0 Å². The first-order valence-electron chi connectivity index (χ1n) is 11.7. The summed E-state index contributed by atoms with van der Waals surface area (Å²) in [6, 6.07) is 12.3. The maximum atomic E-state index is 13.0. The molecular formula is C26H26ClFN4O4. The van der Waals surface area contributed by atoms with Crippen LogP contribution in [0.4, 0.5) is 10.1 Å². The smallest absolute Gasteiger partial charge is 0.331 e. The fourth-order valence-electron chi connectivity index (χ4n) is 3.99. The predicted octanol–water partition coefficient (Wildman–Crippen LogP) is 4.79. The van der Waals surface area contributed by atoms with E-state index in [9.17, 15) is 18.8 Å².